The lowest BCUT2D eigenvalue weighted by molar-refractivity contribution is -0.137. The van der Waals surface area contributed by atoms with E-state index in [0.717, 1.165) is 6.07 Å². The molecule has 0 aliphatic carbocycles. The van der Waals surface area contributed by atoms with Gasteiger partial charge in [0.25, 0.3) is 0 Å². The molecular formula is C20H20F3N5O4S2. The number of rotatable bonds is 8. The van der Waals surface area contributed by atoms with Crippen molar-refractivity contribution in [3.8, 4) is 0 Å². The first kappa shape index (κ1) is 25.4. The van der Waals surface area contributed by atoms with E-state index in [1.165, 1.54) is 56.6 Å². The summed E-state index contributed by atoms with van der Waals surface area (Å²) in [7, 11) is -5.45. The third-order valence-corrected chi connectivity index (χ3v) is 7.58. The van der Waals surface area contributed by atoms with Gasteiger partial charge >= 0.3 is 6.18 Å². The molecule has 3 aromatic rings. The predicted octanol–water partition coefficient (Wildman–Crippen LogP) is 3.40. The van der Waals surface area contributed by atoms with Crippen LogP contribution in [0.25, 0.3) is 0 Å². The van der Waals surface area contributed by atoms with Crippen LogP contribution in [0.5, 0.6) is 0 Å². The van der Waals surface area contributed by atoms with Gasteiger partial charge in [0.05, 0.1) is 22.6 Å². The zero-order valence-corrected chi connectivity index (χ0v) is 19.4. The number of pyridine rings is 1. The second-order valence-corrected chi connectivity index (χ2v) is 10.5. The number of alkyl halides is 3. The van der Waals surface area contributed by atoms with Gasteiger partial charge in [0.1, 0.15) is 15.6 Å². The van der Waals surface area contributed by atoms with E-state index in [9.17, 15) is 30.0 Å². The molecule has 3 rings (SSSR count). The number of sulfonamides is 2. The second kappa shape index (κ2) is 9.58. The van der Waals surface area contributed by atoms with Gasteiger partial charge in [0, 0.05) is 12.3 Å². The Morgan fingerprint density at radius 2 is 1.21 bits per heavy atom. The summed E-state index contributed by atoms with van der Waals surface area (Å²) in [4.78, 5) is 3.36. The number of anilines is 4. The average molecular weight is 516 g/mol. The second-order valence-electron chi connectivity index (χ2n) is 6.77. The van der Waals surface area contributed by atoms with Crippen LogP contribution in [0, 0.1) is 0 Å². The van der Waals surface area contributed by atoms with Crippen molar-refractivity contribution < 1.29 is 30.0 Å². The SMILES string of the molecule is CNS(=O)(=O)c1ccccc1Nc1cc(Nc2ccccc2S(=O)(=O)NC)c(C(F)(F)F)cn1. The van der Waals surface area contributed by atoms with Crippen LogP contribution < -0.4 is 20.1 Å². The highest BCUT2D eigenvalue weighted by molar-refractivity contribution is 7.90. The van der Waals surface area contributed by atoms with Crippen molar-refractivity contribution in [1.82, 2.24) is 14.4 Å². The minimum Gasteiger partial charge on any atom is -0.354 e. The predicted molar refractivity (Wildman–Crippen MR) is 121 cm³/mol. The van der Waals surface area contributed by atoms with Crippen molar-refractivity contribution in [2.75, 3.05) is 24.7 Å². The monoisotopic (exact) mass is 515 g/mol. The van der Waals surface area contributed by atoms with Gasteiger partial charge in [0.2, 0.25) is 20.0 Å². The van der Waals surface area contributed by atoms with Crippen LogP contribution in [0.1, 0.15) is 5.56 Å². The molecule has 34 heavy (non-hydrogen) atoms. The van der Waals surface area contributed by atoms with Crippen molar-refractivity contribution >= 4 is 42.9 Å². The number of benzene rings is 2. The van der Waals surface area contributed by atoms with Gasteiger partial charge in [-0.3, -0.25) is 0 Å². The normalized spacial score (nSPS) is 12.4. The molecule has 0 amide bonds. The topological polar surface area (TPSA) is 129 Å². The number of halogens is 3. The third kappa shape index (κ3) is 5.47. The van der Waals surface area contributed by atoms with Crippen LogP contribution in [0.2, 0.25) is 0 Å². The zero-order chi connectivity index (χ0) is 25.1. The quantitative estimate of drug-likeness (QED) is 0.362. The van der Waals surface area contributed by atoms with Gasteiger partial charge in [-0.2, -0.15) is 13.2 Å². The molecular weight excluding hydrogens is 495 g/mol. The number of nitrogens with one attached hydrogen (secondary N) is 4. The van der Waals surface area contributed by atoms with E-state index >= 15 is 0 Å². The van der Waals surface area contributed by atoms with Gasteiger partial charge < -0.3 is 10.6 Å². The average Bonchev–Trinajstić information content (AvgIpc) is 2.79. The number of aromatic nitrogens is 1. The third-order valence-electron chi connectivity index (χ3n) is 4.63. The molecule has 14 heteroatoms. The Morgan fingerprint density at radius 3 is 1.68 bits per heavy atom. The van der Waals surface area contributed by atoms with Crippen LogP contribution in [-0.4, -0.2) is 35.9 Å². The lowest BCUT2D eigenvalue weighted by Crippen LogP contribution is -2.20. The van der Waals surface area contributed by atoms with E-state index < -0.39 is 37.5 Å². The van der Waals surface area contributed by atoms with Gasteiger partial charge in [-0.15, -0.1) is 0 Å². The first-order chi connectivity index (χ1) is 15.9. The van der Waals surface area contributed by atoms with Crippen molar-refractivity contribution in [3.05, 3.63) is 66.4 Å². The first-order valence-electron chi connectivity index (χ1n) is 9.55. The Labute approximate surface area is 194 Å². The summed E-state index contributed by atoms with van der Waals surface area (Å²) in [6.45, 7) is 0. The van der Waals surface area contributed by atoms with E-state index in [1.807, 2.05) is 0 Å². The molecule has 9 nitrogen and oxygen atoms in total. The summed E-state index contributed by atoms with van der Waals surface area (Å²) in [5, 5.41) is 5.23. The van der Waals surface area contributed by atoms with Crippen molar-refractivity contribution in [1.29, 1.82) is 0 Å². The molecule has 0 spiro atoms. The van der Waals surface area contributed by atoms with Crippen LogP contribution in [0.3, 0.4) is 0 Å². The molecule has 0 aliphatic heterocycles. The summed E-state index contributed by atoms with van der Waals surface area (Å²) in [5.74, 6) is -0.108. The number of nitrogens with zero attached hydrogens (tertiary/aromatic N) is 1. The Bertz CT molecular complexity index is 1410. The molecule has 4 N–H and O–H groups in total. The number of hydrogen-bond acceptors (Lipinski definition) is 7. The minimum atomic E-state index is -4.81. The molecule has 0 atom stereocenters. The van der Waals surface area contributed by atoms with Gasteiger partial charge in [-0.05, 0) is 38.4 Å². The van der Waals surface area contributed by atoms with E-state index in [2.05, 4.69) is 25.1 Å². The minimum absolute atomic E-state index is 0.0771. The summed E-state index contributed by atoms with van der Waals surface area (Å²) in [5.41, 5.74) is -1.66. The largest absolute Gasteiger partial charge is 0.419 e. The number of hydrogen-bond donors (Lipinski definition) is 4. The lowest BCUT2D eigenvalue weighted by Gasteiger charge is -2.18. The maximum atomic E-state index is 13.7. The van der Waals surface area contributed by atoms with Crippen LogP contribution in [0.15, 0.2) is 70.6 Å². The fourth-order valence-electron chi connectivity index (χ4n) is 2.96. The maximum absolute atomic E-state index is 13.7. The fourth-order valence-corrected chi connectivity index (χ4v) is 4.74. The van der Waals surface area contributed by atoms with Crippen molar-refractivity contribution in [3.63, 3.8) is 0 Å². The Balaban J connectivity index is 2.10. The molecule has 2 aromatic carbocycles. The van der Waals surface area contributed by atoms with Crippen LogP contribution >= 0.6 is 0 Å². The number of para-hydroxylation sites is 2. The Kier molecular flexibility index (Phi) is 7.16. The first-order valence-corrected chi connectivity index (χ1v) is 12.5. The van der Waals surface area contributed by atoms with E-state index in [0.29, 0.717) is 6.20 Å². The highest BCUT2D eigenvalue weighted by atomic mass is 32.2. The highest BCUT2D eigenvalue weighted by Gasteiger charge is 2.35. The molecule has 0 radical (unpaired) electrons. The molecule has 0 fully saturated rings. The standard InChI is InChI=1S/C20H20F3N5O4S2/c1-24-33(29,30)17-9-5-3-7-14(17)27-16-11-19(26-12-13(16)20(21,22)23)28-15-8-4-6-10-18(15)34(31,32)25-2/h3-12,24-25H,1-2H3,(H2,26,27,28). The van der Waals surface area contributed by atoms with E-state index in [4.69, 9.17) is 0 Å². The Hall–Kier alpha value is -3.20. The lowest BCUT2D eigenvalue weighted by atomic mass is 10.2. The molecule has 0 aliphatic rings. The molecule has 1 heterocycles. The fraction of sp³-hybridized carbons (Fsp3) is 0.150. The molecule has 0 unspecified atom stereocenters. The highest BCUT2D eigenvalue weighted by Crippen LogP contribution is 2.38. The van der Waals surface area contributed by atoms with Gasteiger partial charge in [0.15, 0.2) is 0 Å². The molecule has 1 aromatic heterocycles. The molecule has 0 bridgehead atoms. The summed E-state index contributed by atoms with van der Waals surface area (Å²) >= 11 is 0. The molecule has 0 saturated heterocycles. The molecule has 182 valence electrons. The summed E-state index contributed by atoms with van der Waals surface area (Å²) in [6.07, 6.45) is -4.24. The Morgan fingerprint density at radius 1 is 0.735 bits per heavy atom. The van der Waals surface area contributed by atoms with Crippen molar-refractivity contribution in [2.24, 2.45) is 0 Å². The van der Waals surface area contributed by atoms with E-state index in [1.54, 1.807) is 6.07 Å². The zero-order valence-electron chi connectivity index (χ0n) is 17.8. The summed E-state index contributed by atoms with van der Waals surface area (Å²) in [6, 6.07) is 12.2. The van der Waals surface area contributed by atoms with Crippen LogP contribution in [-0.2, 0) is 26.2 Å². The van der Waals surface area contributed by atoms with Crippen molar-refractivity contribution in [2.45, 2.75) is 16.0 Å². The molecule has 0 saturated carbocycles. The maximum Gasteiger partial charge on any atom is 0.419 e. The van der Waals surface area contributed by atoms with Gasteiger partial charge in [-0.25, -0.2) is 31.3 Å². The summed E-state index contributed by atoms with van der Waals surface area (Å²) < 4.78 is 94.4. The smallest absolute Gasteiger partial charge is 0.354 e. The van der Waals surface area contributed by atoms with Crippen LogP contribution in [0.4, 0.5) is 36.1 Å². The van der Waals surface area contributed by atoms with Gasteiger partial charge in [-0.1, -0.05) is 24.3 Å². The van der Waals surface area contributed by atoms with E-state index in [-0.39, 0.29) is 27.0 Å².